The molecule has 0 aromatic carbocycles. The fourth-order valence-electron chi connectivity index (χ4n) is 1.66. The Labute approximate surface area is 105 Å². The lowest BCUT2D eigenvalue weighted by molar-refractivity contribution is 1.16. The summed E-state index contributed by atoms with van der Waals surface area (Å²) in [5, 5.41) is 0. The fourth-order valence-corrected chi connectivity index (χ4v) is 1.99. The second-order valence-corrected chi connectivity index (χ2v) is 4.43. The molecule has 0 radical (unpaired) electrons. The number of aromatic nitrogens is 4. The molecule has 5 nitrogen and oxygen atoms in total. The molecule has 3 aromatic rings. The van der Waals surface area contributed by atoms with Gasteiger partial charge in [0.05, 0.1) is 5.69 Å². The molecule has 0 spiro atoms. The average Bonchev–Trinajstić information content (AvgIpc) is 2.68. The van der Waals surface area contributed by atoms with Crippen LogP contribution in [0.2, 0.25) is 0 Å². The van der Waals surface area contributed by atoms with Crippen LogP contribution in [0.4, 0.5) is 5.82 Å². The zero-order chi connectivity index (χ0) is 11.8. The predicted molar refractivity (Wildman–Crippen MR) is 68.3 cm³/mol. The van der Waals surface area contributed by atoms with Crippen LogP contribution in [-0.2, 0) is 0 Å². The van der Waals surface area contributed by atoms with Gasteiger partial charge < -0.3 is 5.73 Å². The lowest BCUT2D eigenvalue weighted by atomic mass is 10.3. The Bertz CT molecular complexity index is 677. The van der Waals surface area contributed by atoms with Gasteiger partial charge in [0, 0.05) is 16.9 Å². The van der Waals surface area contributed by atoms with E-state index in [0.29, 0.717) is 11.5 Å². The number of hydrogen-bond donors (Lipinski definition) is 1. The summed E-state index contributed by atoms with van der Waals surface area (Å²) < 4.78 is 2.77. The number of rotatable bonds is 1. The van der Waals surface area contributed by atoms with Crippen LogP contribution in [0, 0.1) is 0 Å². The number of halogens is 1. The van der Waals surface area contributed by atoms with Crippen LogP contribution in [0.3, 0.4) is 0 Å². The van der Waals surface area contributed by atoms with Crippen molar-refractivity contribution in [3.63, 3.8) is 0 Å². The molecule has 0 aliphatic rings. The minimum atomic E-state index is 0.569. The van der Waals surface area contributed by atoms with Gasteiger partial charge in [0.2, 0.25) is 0 Å². The molecule has 3 rings (SSSR count). The van der Waals surface area contributed by atoms with E-state index in [1.807, 2.05) is 22.7 Å². The van der Waals surface area contributed by atoms with Crippen LogP contribution in [-0.4, -0.2) is 19.4 Å². The second-order valence-electron chi connectivity index (χ2n) is 3.52. The van der Waals surface area contributed by atoms with Gasteiger partial charge in [0.15, 0.2) is 0 Å². The molecular weight excluding hydrogens is 282 g/mol. The highest BCUT2D eigenvalue weighted by Crippen LogP contribution is 2.25. The monoisotopic (exact) mass is 289 g/mol. The molecule has 84 valence electrons. The van der Waals surface area contributed by atoms with Crippen molar-refractivity contribution in [3.05, 3.63) is 41.4 Å². The molecule has 3 aromatic heterocycles. The maximum atomic E-state index is 6.06. The van der Waals surface area contributed by atoms with E-state index >= 15 is 0 Å². The molecule has 3 heterocycles. The fraction of sp³-hybridized carbons (Fsp3) is 0. The first-order valence-electron chi connectivity index (χ1n) is 4.95. The van der Waals surface area contributed by atoms with E-state index in [1.165, 1.54) is 6.33 Å². The number of pyridine rings is 1. The highest BCUT2D eigenvalue weighted by molar-refractivity contribution is 9.10. The topological polar surface area (TPSA) is 69.1 Å². The molecular formula is C11H8BrN5. The summed E-state index contributed by atoms with van der Waals surface area (Å²) in [4.78, 5) is 12.5. The molecule has 0 saturated carbocycles. The van der Waals surface area contributed by atoms with E-state index in [1.54, 1.807) is 12.3 Å². The summed E-state index contributed by atoms with van der Waals surface area (Å²) in [7, 11) is 0. The van der Waals surface area contributed by atoms with Crippen LogP contribution in [0.15, 0.2) is 41.4 Å². The SMILES string of the molecule is Nc1c(-c2ccncn2)nc2ccc(Br)cn12. The van der Waals surface area contributed by atoms with E-state index in [-0.39, 0.29) is 0 Å². The first-order chi connectivity index (χ1) is 8.25. The summed E-state index contributed by atoms with van der Waals surface area (Å²) in [5.74, 6) is 0.569. The third-order valence-corrected chi connectivity index (χ3v) is 2.91. The molecule has 0 bridgehead atoms. The van der Waals surface area contributed by atoms with Gasteiger partial charge in [0.25, 0.3) is 0 Å². The minimum absolute atomic E-state index is 0.569. The summed E-state index contributed by atoms with van der Waals surface area (Å²) in [5.41, 5.74) is 8.24. The highest BCUT2D eigenvalue weighted by atomic mass is 79.9. The van der Waals surface area contributed by atoms with Crippen molar-refractivity contribution in [2.75, 3.05) is 5.73 Å². The van der Waals surface area contributed by atoms with Crippen LogP contribution < -0.4 is 5.73 Å². The molecule has 0 amide bonds. The third kappa shape index (κ3) is 1.66. The van der Waals surface area contributed by atoms with E-state index in [0.717, 1.165) is 15.8 Å². The lowest BCUT2D eigenvalue weighted by Crippen LogP contribution is -1.94. The van der Waals surface area contributed by atoms with Crippen molar-refractivity contribution >= 4 is 27.4 Å². The van der Waals surface area contributed by atoms with E-state index in [9.17, 15) is 0 Å². The number of nitrogens with zero attached hydrogens (tertiary/aromatic N) is 4. The molecule has 0 atom stereocenters. The zero-order valence-electron chi connectivity index (χ0n) is 8.71. The van der Waals surface area contributed by atoms with E-state index < -0.39 is 0 Å². The Hall–Kier alpha value is -1.95. The Morgan fingerprint density at radius 1 is 1.24 bits per heavy atom. The standard InChI is InChI=1S/C11H8BrN5/c12-7-1-2-9-16-10(11(13)17(9)5-7)8-3-4-14-6-15-8/h1-6H,13H2. The van der Waals surface area contributed by atoms with Crippen molar-refractivity contribution in [2.45, 2.75) is 0 Å². The quantitative estimate of drug-likeness (QED) is 0.745. The average molecular weight is 290 g/mol. The van der Waals surface area contributed by atoms with Crippen LogP contribution in [0.25, 0.3) is 17.0 Å². The molecule has 6 heteroatoms. The van der Waals surface area contributed by atoms with Crippen LogP contribution in [0.1, 0.15) is 0 Å². The molecule has 0 aliphatic heterocycles. The van der Waals surface area contributed by atoms with Gasteiger partial charge >= 0.3 is 0 Å². The molecule has 0 fully saturated rings. The van der Waals surface area contributed by atoms with Crippen molar-refractivity contribution < 1.29 is 0 Å². The number of fused-ring (bicyclic) bond motifs is 1. The maximum Gasteiger partial charge on any atom is 0.139 e. The molecule has 0 unspecified atom stereocenters. The van der Waals surface area contributed by atoms with Gasteiger partial charge in [-0.1, -0.05) is 0 Å². The molecule has 0 aliphatic carbocycles. The molecule has 2 N–H and O–H groups in total. The second kappa shape index (κ2) is 3.81. The Morgan fingerprint density at radius 3 is 2.88 bits per heavy atom. The number of anilines is 1. The summed E-state index contributed by atoms with van der Waals surface area (Å²) in [6, 6.07) is 5.60. The summed E-state index contributed by atoms with van der Waals surface area (Å²) >= 11 is 3.40. The Balaban J connectivity index is 2.28. The maximum absolute atomic E-state index is 6.06. The molecule has 17 heavy (non-hydrogen) atoms. The normalized spacial score (nSPS) is 10.9. The first-order valence-corrected chi connectivity index (χ1v) is 5.74. The van der Waals surface area contributed by atoms with Gasteiger partial charge in [-0.05, 0) is 34.1 Å². The van der Waals surface area contributed by atoms with Crippen molar-refractivity contribution in [3.8, 4) is 11.4 Å². The van der Waals surface area contributed by atoms with Gasteiger partial charge in [-0.3, -0.25) is 4.40 Å². The highest BCUT2D eigenvalue weighted by Gasteiger charge is 2.11. The van der Waals surface area contributed by atoms with E-state index in [2.05, 4.69) is 30.9 Å². The third-order valence-electron chi connectivity index (χ3n) is 2.44. The number of imidazole rings is 1. The van der Waals surface area contributed by atoms with Gasteiger partial charge in [-0.2, -0.15) is 0 Å². The van der Waals surface area contributed by atoms with Crippen molar-refractivity contribution in [1.82, 2.24) is 19.4 Å². The molecule has 0 saturated heterocycles. The number of hydrogen-bond acceptors (Lipinski definition) is 4. The van der Waals surface area contributed by atoms with Gasteiger partial charge in [-0.15, -0.1) is 0 Å². The van der Waals surface area contributed by atoms with Crippen LogP contribution >= 0.6 is 15.9 Å². The summed E-state index contributed by atoms with van der Waals surface area (Å²) in [6.07, 6.45) is 5.03. The number of nitrogens with two attached hydrogens (primary N) is 1. The zero-order valence-corrected chi connectivity index (χ0v) is 10.3. The Kier molecular flexibility index (Phi) is 2.29. The minimum Gasteiger partial charge on any atom is -0.383 e. The first kappa shape index (κ1) is 10.2. The Morgan fingerprint density at radius 2 is 2.12 bits per heavy atom. The lowest BCUT2D eigenvalue weighted by Gasteiger charge is -1.98. The largest absolute Gasteiger partial charge is 0.383 e. The van der Waals surface area contributed by atoms with Gasteiger partial charge in [0.1, 0.15) is 23.5 Å². The van der Waals surface area contributed by atoms with Gasteiger partial charge in [-0.25, -0.2) is 15.0 Å². The van der Waals surface area contributed by atoms with E-state index in [4.69, 9.17) is 5.73 Å². The predicted octanol–water partition coefficient (Wildman–Crippen LogP) is 2.14. The van der Waals surface area contributed by atoms with Crippen molar-refractivity contribution in [2.24, 2.45) is 0 Å². The van der Waals surface area contributed by atoms with Crippen molar-refractivity contribution in [1.29, 1.82) is 0 Å². The smallest absolute Gasteiger partial charge is 0.139 e. The summed E-state index contributed by atoms with van der Waals surface area (Å²) in [6.45, 7) is 0. The van der Waals surface area contributed by atoms with Crippen LogP contribution in [0.5, 0.6) is 0 Å². The number of nitrogen functional groups attached to an aromatic ring is 1.